The lowest BCUT2D eigenvalue weighted by molar-refractivity contribution is -0.144. The molecule has 0 aliphatic heterocycles. The normalized spacial score (nSPS) is 11.0. The number of hydrogen-bond acceptors (Lipinski definition) is 10. The lowest BCUT2D eigenvalue weighted by Gasteiger charge is -2.22. The van der Waals surface area contributed by atoms with Crippen LogP contribution in [-0.2, 0) is 27.4 Å². The third-order valence-corrected chi connectivity index (χ3v) is 7.04. The van der Waals surface area contributed by atoms with Gasteiger partial charge in [-0.05, 0) is 32.0 Å². The summed E-state index contributed by atoms with van der Waals surface area (Å²) < 4.78 is 21.4. The van der Waals surface area contributed by atoms with E-state index in [-0.39, 0.29) is 32.3 Å². The maximum atomic E-state index is 12.9. The van der Waals surface area contributed by atoms with Crippen molar-refractivity contribution >= 4 is 34.2 Å². The fraction of sp³-hybridized carbons (Fsp3) is 0.310. The molecule has 9 nitrogen and oxygen atoms in total. The van der Waals surface area contributed by atoms with Crippen LogP contribution in [-0.4, -0.2) is 60.8 Å². The van der Waals surface area contributed by atoms with Gasteiger partial charge in [-0.3, -0.25) is 14.7 Å². The van der Waals surface area contributed by atoms with Crippen molar-refractivity contribution in [2.75, 3.05) is 34.0 Å². The molecule has 0 N–H and O–H groups in total. The van der Waals surface area contributed by atoms with Crippen LogP contribution in [0.3, 0.4) is 0 Å². The minimum Gasteiger partial charge on any atom is -0.497 e. The lowest BCUT2D eigenvalue weighted by Crippen LogP contribution is -2.31. The topological polar surface area (TPSA) is 100 Å². The van der Waals surface area contributed by atoms with Crippen molar-refractivity contribution in [3.05, 3.63) is 70.9 Å². The van der Waals surface area contributed by atoms with Gasteiger partial charge in [0.25, 0.3) is 0 Å². The van der Waals surface area contributed by atoms with Crippen LogP contribution in [0.1, 0.15) is 34.8 Å². The highest BCUT2D eigenvalue weighted by Crippen LogP contribution is 2.32. The molecule has 0 amide bonds. The van der Waals surface area contributed by atoms with Crippen LogP contribution in [0, 0.1) is 0 Å². The molecule has 2 aromatic heterocycles. The summed E-state index contributed by atoms with van der Waals surface area (Å²) >= 11 is 1.25. The molecular formula is C29H31N3O6S. The Hall–Kier alpha value is -4.02. The summed E-state index contributed by atoms with van der Waals surface area (Å²) in [6, 6.07) is 15.3. The first-order chi connectivity index (χ1) is 18.9. The molecule has 4 rings (SSSR count). The second-order valence-corrected chi connectivity index (χ2v) is 9.56. The van der Waals surface area contributed by atoms with Gasteiger partial charge in [0, 0.05) is 41.9 Å². The van der Waals surface area contributed by atoms with Gasteiger partial charge in [-0.25, -0.2) is 9.78 Å². The first-order valence-corrected chi connectivity index (χ1v) is 13.4. The van der Waals surface area contributed by atoms with E-state index in [0.717, 1.165) is 22.0 Å². The van der Waals surface area contributed by atoms with Crippen molar-refractivity contribution in [1.82, 2.24) is 14.9 Å². The maximum Gasteiger partial charge on any atom is 0.350 e. The third kappa shape index (κ3) is 6.90. The number of esters is 2. The van der Waals surface area contributed by atoms with Crippen molar-refractivity contribution in [1.29, 1.82) is 0 Å². The highest BCUT2D eigenvalue weighted by atomic mass is 32.1. The molecule has 2 aromatic carbocycles. The molecule has 0 bridgehead atoms. The summed E-state index contributed by atoms with van der Waals surface area (Å²) in [6.07, 6.45) is 1.75. The van der Waals surface area contributed by atoms with Crippen molar-refractivity contribution in [3.8, 4) is 22.1 Å². The number of hydrogen-bond donors (Lipinski definition) is 0. The minimum atomic E-state index is -0.455. The smallest absolute Gasteiger partial charge is 0.350 e. The van der Waals surface area contributed by atoms with Crippen LogP contribution in [0.25, 0.3) is 21.5 Å². The summed E-state index contributed by atoms with van der Waals surface area (Å²) in [5.41, 5.74) is 3.02. The van der Waals surface area contributed by atoms with Crippen LogP contribution in [0.5, 0.6) is 11.5 Å². The van der Waals surface area contributed by atoms with Crippen LogP contribution >= 0.6 is 11.3 Å². The molecule has 0 unspecified atom stereocenters. The van der Waals surface area contributed by atoms with Crippen molar-refractivity contribution in [2.45, 2.75) is 26.9 Å². The number of carbonyl (C=O) groups is 2. The van der Waals surface area contributed by atoms with Gasteiger partial charge in [0.2, 0.25) is 0 Å². The Morgan fingerprint density at radius 3 is 2.49 bits per heavy atom. The average Bonchev–Trinajstić information content (AvgIpc) is 3.37. The number of rotatable bonds is 12. The van der Waals surface area contributed by atoms with Gasteiger partial charge in [-0.2, -0.15) is 0 Å². The van der Waals surface area contributed by atoms with Gasteiger partial charge in [-0.15, -0.1) is 11.3 Å². The number of methoxy groups -OCH3 is 2. The largest absolute Gasteiger partial charge is 0.497 e. The number of nitrogens with zero attached hydrogens (tertiary/aromatic N) is 3. The molecule has 0 saturated heterocycles. The fourth-order valence-corrected chi connectivity index (χ4v) is 5.07. The summed E-state index contributed by atoms with van der Waals surface area (Å²) in [5, 5.41) is 1.62. The number of pyridine rings is 1. The molecule has 0 spiro atoms. The van der Waals surface area contributed by atoms with E-state index in [1.54, 1.807) is 40.3 Å². The number of fused-ring (bicyclic) bond motifs is 1. The van der Waals surface area contributed by atoms with Crippen molar-refractivity contribution in [3.63, 3.8) is 0 Å². The predicted molar refractivity (Wildman–Crippen MR) is 149 cm³/mol. The van der Waals surface area contributed by atoms with Gasteiger partial charge in [0.05, 0.1) is 45.2 Å². The van der Waals surface area contributed by atoms with Crippen molar-refractivity contribution in [2.24, 2.45) is 0 Å². The zero-order chi connectivity index (χ0) is 27.8. The Bertz CT molecular complexity index is 1450. The molecular weight excluding hydrogens is 518 g/mol. The van der Waals surface area contributed by atoms with E-state index in [4.69, 9.17) is 23.9 Å². The van der Waals surface area contributed by atoms with Gasteiger partial charge in [-0.1, -0.05) is 24.3 Å². The fourth-order valence-electron chi connectivity index (χ4n) is 4.12. The highest BCUT2D eigenvalue weighted by molar-refractivity contribution is 7.17. The average molecular weight is 550 g/mol. The summed E-state index contributed by atoms with van der Waals surface area (Å²) in [4.78, 5) is 37.1. The molecule has 0 fully saturated rings. The van der Waals surface area contributed by atoms with Gasteiger partial charge in [0.1, 0.15) is 21.4 Å². The van der Waals surface area contributed by atoms with E-state index < -0.39 is 5.97 Å². The van der Waals surface area contributed by atoms with Crippen LogP contribution < -0.4 is 9.47 Å². The first-order valence-electron chi connectivity index (χ1n) is 12.6. The summed E-state index contributed by atoms with van der Waals surface area (Å²) in [7, 11) is 3.17. The quantitative estimate of drug-likeness (QED) is 0.223. The first kappa shape index (κ1) is 28.0. The van der Waals surface area contributed by atoms with E-state index in [2.05, 4.69) is 4.98 Å². The standard InChI is InChI=1S/C29H31N3O6S/c1-5-37-26(33)18-32(16-20-11-12-22(35-3)14-25(20)36-4)17-24-27(29(34)38-6-2)39-28(31-24)21-13-19-9-7-8-10-23(19)30-15-21/h7-15H,5-6,16-18H2,1-4H3. The molecule has 0 aliphatic carbocycles. The zero-order valence-corrected chi connectivity index (χ0v) is 23.2. The molecule has 204 valence electrons. The highest BCUT2D eigenvalue weighted by Gasteiger charge is 2.24. The summed E-state index contributed by atoms with van der Waals surface area (Å²) in [5.74, 6) is 0.445. The van der Waals surface area contributed by atoms with Crippen LogP contribution in [0.15, 0.2) is 54.7 Å². The second kappa shape index (κ2) is 13.2. The molecule has 0 radical (unpaired) electrons. The number of thiazole rings is 1. The van der Waals surface area contributed by atoms with E-state index in [1.165, 1.54) is 11.3 Å². The molecule has 0 aliphatic rings. The molecule has 4 aromatic rings. The van der Waals surface area contributed by atoms with Gasteiger partial charge < -0.3 is 18.9 Å². The van der Waals surface area contributed by atoms with Crippen LogP contribution in [0.2, 0.25) is 0 Å². The Balaban J connectivity index is 1.70. The summed E-state index contributed by atoms with van der Waals surface area (Å²) in [6.45, 7) is 4.57. The molecule has 10 heteroatoms. The zero-order valence-electron chi connectivity index (χ0n) is 22.4. The van der Waals surface area contributed by atoms with Gasteiger partial charge >= 0.3 is 11.9 Å². The van der Waals surface area contributed by atoms with E-state index in [0.29, 0.717) is 33.6 Å². The Kier molecular flexibility index (Phi) is 9.45. The number of ether oxygens (including phenoxy) is 4. The maximum absolute atomic E-state index is 12.9. The number of benzene rings is 2. The lowest BCUT2D eigenvalue weighted by atomic mass is 10.1. The monoisotopic (exact) mass is 549 g/mol. The minimum absolute atomic E-state index is 0.00429. The SMILES string of the molecule is CCOC(=O)CN(Cc1ccc(OC)cc1OC)Cc1nc(-c2cnc3ccccc3c2)sc1C(=O)OCC. The molecule has 0 saturated carbocycles. The predicted octanol–water partition coefficient (Wildman–Crippen LogP) is 5.12. The van der Waals surface area contributed by atoms with E-state index in [1.807, 2.05) is 47.4 Å². The number of para-hydroxylation sites is 1. The van der Waals surface area contributed by atoms with E-state index in [9.17, 15) is 9.59 Å². The number of carbonyl (C=O) groups excluding carboxylic acids is 2. The Labute approximate surface area is 231 Å². The Morgan fingerprint density at radius 1 is 0.949 bits per heavy atom. The molecule has 39 heavy (non-hydrogen) atoms. The molecule has 0 atom stereocenters. The molecule has 2 heterocycles. The third-order valence-electron chi connectivity index (χ3n) is 5.92. The van der Waals surface area contributed by atoms with Gasteiger partial charge in [0.15, 0.2) is 0 Å². The number of aromatic nitrogens is 2. The van der Waals surface area contributed by atoms with Crippen LogP contribution in [0.4, 0.5) is 0 Å². The van der Waals surface area contributed by atoms with E-state index >= 15 is 0 Å². The van der Waals surface area contributed by atoms with Crippen molar-refractivity contribution < 1.29 is 28.5 Å². The Morgan fingerprint density at radius 2 is 1.74 bits per heavy atom. The second-order valence-electron chi connectivity index (χ2n) is 8.56.